The fraction of sp³-hybridized carbons (Fsp3) is 0.846. The van der Waals surface area contributed by atoms with Crippen LogP contribution in [-0.2, 0) is 19.1 Å². The third-order valence-corrected chi connectivity index (χ3v) is 2.11. The van der Waals surface area contributed by atoms with Crippen LogP contribution in [0, 0.1) is 5.92 Å². The van der Waals surface area contributed by atoms with Crippen molar-refractivity contribution in [1.29, 1.82) is 0 Å². The lowest BCUT2D eigenvalue weighted by Crippen LogP contribution is -2.42. The van der Waals surface area contributed by atoms with Crippen LogP contribution in [-0.4, -0.2) is 37.2 Å². The quantitative estimate of drug-likeness (QED) is 0.732. The van der Waals surface area contributed by atoms with Crippen LogP contribution < -0.4 is 5.32 Å². The Bertz CT molecular complexity index is 281. The topological polar surface area (TPSA) is 64.6 Å². The second-order valence-corrected chi connectivity index (χ2v) is 5.67. The predicted molar refractivity (Wildman–Crippen MR) is 69.1 cm³/mol. The number of esters is 2. The summed E-state index contributed by atoms with van der Waals surface area (Å²) in [5, 5.41) is 2.88. The predicted octanol–water partition coefficient (Wildman–Crippen LogP) is 1.51. The van der Waals surface area contributed by atoms with Crippen molar-refractivity contribution in [2.24, 2.45) is 5.92 Å². The van der Waals surface area contributed by atoms with Crippen molar-refractivity contribution < 1.29 is 19.1 Å². The minimum absolute atomic E-state index is 0.00373. The van der Waals surface area contributed by atoms with Gasteiger partial charge < -0.3 is 9.47 Å². The molecule has 18 heavy (non-hydrogen) atoms. The first-order valence-corrected chi connectivity index (χ1v) is 6.18. The van der Waals surface area contributed by atoms with Gasteiger partial charge in [-0.3, -0.25) is 14.9 Å². The summed E-state index contributed by atoms with van der Waals surface area (Å²) in [5.41, 5.74) is -0.516. The molecular weight excluding hydrogens is 234 g/mol. The monoisotopic (exact) mass is 259 g/mol. The van der Waals surface area contributed by atoms with E-state index in [1.54, 1.807) is 20.8 Å². The molecule has 1 unspecified atom stereocenters. The summed E-state index contributed by atoms with van der Waals surface area (Å²) >= 11 is 0. The van der Waals surface area contributed by atoms with Gasteiger partial charge in [0.05, 0.1) is 13.7 Å². The largest absolute Gasteiger partial charge is 0.468 e. The van der Waals surface area contributed by atoms with Crippen molar-refractivity contribution in [3.8, 4) is 0 Å². The molecule has 0 saturated carbocycles. The first kappa shape index (κ1) is 16.9. The highest BCUT2D eigenvalue weighted by molar-refractivity contribution is 5.77. The van der Waals surface area contributed by atoms with E-state index in [1.807, 2.05) is 13.8 Å². The molecule has 106 valence electrons. The highest BCUT2D eigenvalue weighted by atomic mass is 16.6. The lowest BCUT2D eigenvalue weighted by Gasteiger charge is -2.22. The van der Waals surface area contributed by atoms with Gasteiger partial charge in [-0.2, -0.15) is 0 Å². The van der Waals surface area contributed by atoms with Gasteiger partial charge in [-0.25, -0.2) is 0 Å². The number of carbonyl (C=O) groups excluding carboxylic acids is 2. The van der Waals surface area contributed by atoms with E-state index in [1.165, 1.54) is 7.11 Å². The smallest absolute Gasteiger partial charge is 0.322 e. The SMILES string of the molecule is COC(=O)C(CC(C)C)NCC(=O)OC(C)(C)C. The summed E-state index contributed by atoms with van der Waals surface area (Å²) in [4.78, 5) is 23.0. The zero-order valence-electron chi connectivity index (χ0n) is 12.2. The molecule has 0 aliphatic heterocycles. The molecule has 1 atom stereocenters. The average Bonchev–Trinajstić information content (AvgIpc) is 2.20. The van der Waals surface area contributed by atoms with E-state index in [9.17, 15) is 9.59 Å². The van der Waals surface area contributed by atoms with E-state index in [0.717, 1.165) is 0 Å². The third-order valence-electron chi connectivity index (χ3n) is 2.11. The maximum absolute atomic E-state index is 11.5. The number of rotatable bonds is 6. The van der Waals surface area contributed by atoms with E-state index in [0.29, 0.717) is 12.3 Å². The minimum atomic E-state index is -0.516. The zero-order valence-corrected chi connectivity index (χ0v) is 12.2. The molecule has 0 rings (SSSR count). The Kier molecular flexibility index (Phi) is 6.91. The Hall–Kier alpha value is -1.10. The Labute approximate surface area is 109 Å². The van der Waals surface area contributed by atoms with Crippen molar-refractivity contribution in [1.82, 2.24) is 5.32 Å². The molecule has 0 bridgehead atoms. The fourth-order valence-corrected chi connectivity index (χ4v) is 1.46. The molecule has 5 heteroatoms. The standard InChI is InChI=1S/C13H25NO4/c1-9(2)7-10(12(16)17-6)14-8-11(15)18-13(3,4)5/h9-10,14H,7-8H2,1-6H3. The van der Waals surface area contributed by atoms with Crippen molar-refractivity contribution in [3.05, 3.63) is 0 Å². The Morgan fingerprint density at radius 1 is 1.22 bits per heavy atom. The fourth-order valence-electron chi connectivity index (χ4n) is 1.46. The number of carbonyl (C=O) groups is 2. The molecule has 0 amide bonds. The summed E-state index contributed by atoms with van der Waals surface area (Å²) < 4.78 is 9.85. The normalized spacial score (nSPS) is 13.3. The summed E-state index contributed by atoms with van der Waals surface area (Å²) in [6, 6.07) is -0.470. The second kappa shape index (κ2) is 7.36. The van der Waals surface area contributed by atoms with Gasteiger partial charge in [-0.15, -0.1) is 0 Å². The molecule has 0 saturated heterocycles. The van der Waals surface area contributed by atoms with E-state index >= 15 is 0 Å². The van der Waals surface area contributed by atoms with Crippen molar-refractivity contribution in [2.75, 3.05) is 13.7 Å². The Morgan fingerprint density at radius 2 is 1.78 bits per heavy atom. The van der Waals surface area contributed by atoms with Gasteiger partial charge in [0.25, 0.3) is 0 Å². The van der Waals surface area contributed by atoms with Gasteiger partial charge in [-0.05, 0) is 33.1 Å². The first-order valence-electron chi connectivity index (χ1n) is 6.18. The Morgan fingerprint density at radius 3 is 2.17 bits per heavy atom. The van der Waals surface area contributed by atoms with Crippen LogP contribution in [0.25, 0.3) is 0 Å². The lowest BCUT2D eigenvalue weighted by atomic mass is 10.0. The summed E-state index contributed by atoms with van der Waals surface area (Å²) in [7, 11) is 1.34. The molecular formula is C13H25NO4. The molecule has 1 N–H and O–H groups in total. The molecule has 0 aliphatic rings. The maximum atomic E-state index is 11.5. The van der Waals surface area contributed by atoms with E-state index in [2.05, 4.69) is 5.32 Å². The van der Waals surface area contributed by atoms with Gasteiger partial charge in [0, 0.05) is 0 Å². The molecule has 0 aromatic rings. The van der Waals surface area contributed by atoms with Crippen LogP contribution in [0.3, 0.4) is 0 Å². The lowest BCUT2D eigenvalue weighted by molar-refractivity contribution is -0.154. The number of hydrogen-bond acceptors (Lipinski definition) is 5. The van der Waals surface area contributed by atoms with E-state index < -0.39 is 11.6 Å². The van der Waals surface area contributed by atoms with Crippen molar-refractivity contribution in [2.45, 2.75) is 52.7 Å². The summed E-state index contributed by atoms with van der Waals surface area (Å²) in [5.74, 6) is -0.396. The van der Waals surface area contributed by atoms with Crippen molar-refractivity contribution >= 4 is 11.9 Å². The van der Waals surface area contributed by atoms with Crippen LogP contribution >= 0.6 is 0 Å². The molecule has 5 nitrogen and oxygen atoms in total. The number of nitrogens with one attached hydrogen (secondary N) is 1. The molecule has 0 heterocycles. The van der Waals surface area contributed by atoms with Crippen LogP contribution in [0.2, 0.25) is 0 Å². The molecule has 0 aromatic heterocycles. The van der Waals surface area contributed by atoms with E-state index in [4.69, 9.17) is 9.47 Å². The Balaban J connectivity index is 4.26. The number of hydrogen-bond donors (Lipinski definition) is 1. The molecule has 0 radical (unpaired) electrons. The van der Waals surface area contributed by atoms with Gasteiger partial charge >= 0.3 is 11.9 Å². The minimum Gasteiger partial charge on any atom is -0.468 e. The van der Waals surface area contributed by atoms with Crippen LogP contribution in [0.1, 0.15) is 41.0 Å². The summed E-state index contributed by atoms with van der Waals surface area (Å²) in [6.45, 7) is 9.42. The molecule has 0 spiro atoms. The van der Waals surface area contributed by atoms with Gasteiger partial charge in [-0.1, -0.05) is 13.8 Å². The molecule has 0 aliphatic carbocycles. The third kappa shape index (κ3) is 8.06. The highest BCUT2D eigenvalue weighted by Gasteiger charge is 2.22. The van der Waals surface area contributed by atoms with Crippen LogP contribution in [0.4, 0.5) is 0 Å². The maximum Gasteiger partial charge on any atom is 0.322 e. The number of ether oxygens (including phenoxy) is 2. The zero-order chi connectivity index (χ0) is 14.3. The molecule has 0 fully saturated rings. The average molecular weight is 259 g/mol. The van der Waals surface area contributed by atoms with Gasteiger partial charge in [0.15, 0.2) is 0 Å². The second-order valence-electron chi connectivity index (χ2n) is 5.67. The van der Waals surface area contributed by atoms with E-state index in [-0.39, 0.29) is 18.5 Å². The highest BCUT2D eigenvalue weighted by Crippen LogP contribution is 2.08. The number of methoxy groups -OCH3 is 1. The van der Waals surface area contributed by atoms with Crippen molar-refractivity contribution in [3.63, 3.8) is 0 Å². The van der Waals surface area contributed by atoms with Crippen LogP contribution in [0.5, 0.6) is 0 Å². The molecule has 0 aromatic carbocycles. The first-order chi connectivity index (χ1) is 8.15. The summed E-state index contributed by atoms with van der Waals surface area (Å²) in [6.07, 6.45) is 0.621. The van der Waals surface area contributed by atoms with Gasteiger partial charge in [0.2, 0.25) is 0 Å². The van der Waals surface area contributed by atoms with Crippen LogP contribution in [0.15, 0.2) is 0 Å². The van der Waals surface area contributed by atoms with Gasteiger partial charge in [0.1, 0.15) is 11.6 Å².